The van der Waals surface area contributed by atoms with E-state index in [9.17, 15) is 0 Å². The van der Waals surface area contributed by atoms with E-state index in [2.05, 4.69) is 48.8 Å². The van der Waals surface area contributed by atoms with Gasteiger partial charge in [0.1, 0.15) is 5.76 Å². The molecule has 2 nitrogen and oxygen atoms in total. The summed E-state index contributed by atoms with van der Waals surface area (Å²) in [4.78, 5) is 0. The van der Waals surface area contributed by atoms with Crippen molar-refractivity contribution >= 4 is 0 Å². The van der Waals surface area contributed by atoms with E-state index in [4.69, 9.17) is 4.74 Å². The molecule has 1 heterocycles. The van der Waals surface area contributed by atoms with Crippen molar-refractivity contribution in [1.82, 2.24) is 5.32 Å². The third-order valence-electron chi connectivity index (χ3n) is 4.70. The van der Waals surface area contributed by atoms with Crippen LogP contribution in [0.5, 0.6) is 0 Å². The van der Waals surface area contributed by atoms with E-state index in [1.165, 1.54) is 31.2 Å². The highest BCUT2D eigenvalue weighted by Gasteiger charge is 2.44. The van der Waals surface area contributed by atoms with Gasteiger partial charge in [0.25, 0.3) is 0 Å². The van der Waals surface area contributed by atoms with Crippen molar-refractivity contribution in [2.24, 2.45) is 0 Å². The fourth-order valence-corrected chi connectivity index (χ4v) is 3.85. The van der Waals surface area contributed by atoms with E-state index >= 15 is 0 Å². The third kappa shape index (κ3) is 2.18. The van der Waals surface area contributed by atoms with Crippen LogP contribution < -0.4 is 5.32 Å². The lowest BCUT2D eigenvalue weighted by Crippen LogP contribution is -2.47. The van der Waals surface area contributed by atoms with E-state index < -0.39 is 0 Å². The van der Waals surface area contributed by atoms with Gasteiger partial charge in [-0.15, -0.1) is 0 Å². The van der Waals surface area contributed by atoms with Gasteiger partial charge in [-0.2, -0.15) is 0 Å². The largest absolute Gasteiger partial charge is 0.496 e. The molecule has 1 saturated carbocycles. The lowest BCUT2D eigenvalue weighted by atomic mass is 9.72. The predicted octanol–water partition coefficient (Wildman–Crippen LogP) is 3.39. The average molecular weight is 257 g/mol. The summed E-state index contributed by atoms with van der Waals surface area (Å²) in [7, 11) is 2.07. The molecule has 0 radical (unpaired) electrons. The zero-order chi connectivity index (χ0) is 13.1. The van der Waals surface area contributed by atoms with E-state index in [1.54, 1.807) is 0 Å². The number of ether oxygens (including phenoxy) is 1. The van der Waals surface area contributed by atoms with Gasteiger partial charge in [0.05, 0.1) is 12.6 Å². The molecule has 1 aromatic carbocycles. The first kappa shape index (κ1) is 12.7. The summed E-state index contributed by atoms with van der Waals surface area (Å²) in [6, 6.07) is 11.3. The molecule has 0 spiro atoms. The van der Waals surface area contributed by atoms with Gasteiger partial charge >= 0.3 is 0 Å². The van der Waals surface area contributed by atoms with Gasteiger partial charge in [-0.1, -0.05) is 43.2 Å². The molecule has 102 valence electrons. The van der Waals surface area contributed by atoms with Crippen LogP contribution in [0.3, 0.4) is 0 Å². The van der Waals surface area contributed by atoms with Crippen molar-refractivity contribution in [2.45, 2.75) is 43.6 Å². The minimum absolute atomic E-state index is 0.214. The average Bonchev–Trinajstić information content (AvgIpc) is 3.13. The Labute approximate surface area is 115 Å². The normalized spacial score (nSPS) is 22.9. The molecule has 19 heavy (non-hydrogen) atoms. The number of benzene rings is 1. The van der Waals surface area contributed by atoms with Crippen molar-refractivity contribution < 1.29 is 4.74 Å². The summed E-state index contributed by atoms with van der Waals surface area (Å²) < 4.78 is 5.86. The molecule has 1 aliphatic carbocycles. The molecule has 2 heteroatoms. The number of hydrogen-bond acceptors (Lipinski definition) is 2. The van der Waals surface area contributed by atoms with Gasteiger partial charge in [0.15, 0.2) is 0 Å². The Morgan fingerprint density at radius 2 is 1.89 bits per heavy atom. The lowest BCUT2D eigenvalue weighted by molar-refractivity contribution is 0.182. The van der Waals surface area contributed by atoms with Crippen LogP contribution in [-0.2, 0) is 10.2 Å². The first-order chi connectivity index (χ1) is 9.37. The highest BCUT2D eigenvalue weighted by Crippen LogP contribution is 2.46. The zero-order valence-electron chi connectivity index (χ0n) is 11.7. The Bertz CT molecular complexity index is 446. The van der Waals surface area contributed by atoms with Crippen LogP contribution in [0.25, 0.3) is 0 Å². The number of hydrogen-bond donors (Lipinski definition) is 1. The Balaban J connectivity index is 1.99. The van der Waals surface area contributed by atoms with Crippen molar-refractivity contribution in [2.75, 3.05) is 13.7 Å². The fourth-order valence-electron chi connectivity index (χ4n) is 3.85. The fraction of sp³-hybridized carbons (Fsp3) is 0.529. The molecule has 1 atom stereocenters. The molecule has 3 rings (SSSR count). The zero-order valence-corrected chi connectivity index (χ0v) is 11.7. The predicted molar refractivity (Wildman–Crippen MR) is 78.1 cm³/mol. The molecule has 1 unspecified atom stereocenters. The molecule has 0 bridgehead atoms. The second kappa shape index (κ2) is 5.38. The van der Waals surface area contributed by atoms with Crippen LogP contribution in [-0.4, -0.2) is 19.7 Å². The Morgan fingerprint density at radius 1 is 1.16 bits per heavy atom. The van der Waals surface area contributed by atoms with Crippen LogP contribution in [0, 0.1) is 0 Å². The van der Waals surface area contributed by atoms with Crippen molar-refractivity contribution in [3.63, 3.8) is 0 Å². The summed E-state index contributed by atoms with van der Waals surface area (Å²) in [6.45, 7) is 0.846. The van der Waals surface area contributed by atoms with Gasteiger partial charge in [-0.05, 0) is 31.5 Å². The number of nitrogens with one attached hydrogen (secondary N) is 1. The maximum absolute atomic E-state index is 5.86. The minimum atomic E-state index is 0.214. The Kier molecular flexibility index (Phi) is 3.61. The highest BCUT2D eigenvalue weighted by molar-refractivity contribution is 5.33. The van der Waals surface area contributed by atoms with Gasteiger partial charge < -0.3 is 10.1 Å². The van der Waals surface area contributed by atoms with E-state index in [0.717, 1.165) is 18.8 Å². The topological polar surface area (TPSA) is 21.3 Å². The molecule has 0 aromatic heterocycles. The van der Waals surface area contributed by atoms with Crippen molar-refractivity contribution in [3.05, 3.63) is 47.7 Å². The maximum Gasteiger partial charge on any atom is 0.110 e. The summed E-state index contributed by atoms with van der Waals surface area (Å²) >= 11 is 0. The number of rotatable bonds is 4. The van der Waals surface area contributed by atoms with Crippen LogP contribution in [0.1, 0.15) is 37.7 Å². The first-order valence-corrected chi connectivity index (χ1v) is 7.42. The second-order valence-corrected chi connectivity index (χ2v) is 5.69. The monoisotopic (exact) mass is 257 g/mol. The second-order valence-electron chi connectivity index (χ2n) is 5.69. The van der Waals surface area contributed by atoms with Crippen LogP contribution >= 0.6 is 0 Å². The highest BCUT2D eigenvalue weighted by atomic mass is 16.5. The van der Waals surface area contributed by atoms with Crippen molar-refractivity contribution in [3.8, 4) is 0 Å². The molecular formula is C17H23NO. The lowest BCUT2D eigenvalue weighted by Gasteiger charge is -2.38. The molecule has 2 aliphatic rings. The molecule has 1 aromatic rings. The first-order valence-electron chi connectivity index (χ1n) is 7.42. The van der Waals surface area contributed by atoms with Crippen LogP contribution in [0.2, 0.25) is 0 Å². The van der Waals surface area contributed by atoms with Gasteiger partial charge in [0, 0.05) is 11.8 Å². The quantitative estimate of drug-likeness (QED) is 0.892. The maximum atomic E-state index is 5.86. The number of likely N-dealkylation sites (N-methyl/N-ethyl adjacent to an activating group) is 1. The summed E-state index contributed by atoms with van der Waals surface area (Å²) in [5.41, 5.74) is 1.68. The molecule has 1 fully saturated rings. The standard InChI is InChI=1S/C17H23NO/c1-18-16(15-10-7-13-19-15)17(11-5-6-12-17)14-8-3-2-4-9-14/h2-4,8-10,16,18H,5-7,11-13H2,1H3. The summed E-state index contributed by atoms with van der Waals surface area (Å²) in [6.07, 6.45) is 8.47. The van der Waals surface area contributed by atoms with E-state index in [0.29, 0.717) is 6.04 Å². The molecule has 0 amide bonds. The molecule has 1 N–H and O–H groups in total. The van der Waals surface area contributed by atoms with Gasteiger partial charge in [-0.3, -0.25) is 0 Å². The van der Waals surface area contributed by atoms with Gasteiger partial charge in [0.2, 0.25) is 0 Å². The molecule has 0 saturated heterocycles. The molecule has 1 aliphatic heterocycles. The minimum Gasteiger partial charge on any atom is -0.496 e. The summed E-state index contributed by atoms with van der Waals surface area (Å²) in [5.74, 6) is 1.16. The van der Waals surface area contributed by atoms with Crippen molar-refractivity contribution in [1.29, 1.82) is 0 Å². The van der Waals surface area contributed by atoms with Gasteiger partial charge in [-0.25, -0.2) is 0 Å². The summed E-state index contributed by atoms with van der Waals surface area (Å²) in [5, 5.41) is 3.53. The van der Waals surface area contributed by atoms with E-state index in [1.807, 2.05) is 0 Å². The SMILES string of the molecule is CNC(C1=CCCO1)C1(c2ccccc2)CCCC1. The Morgan fingerprint density at radius 3 is 2.47 bits per heavy atom. The Hall–Kier alpha value is -1.28. The third-order valence-corrected chi connectivity index (χ3v) is 4.70. The smallest absolute Gasteiger partial charge is 0.110 e. The van der Waals surface area contributed by atoms with E-state index in [-0.39, 0.29) is 5.41 Å². The van der Waals surface area contributed by atoms with Crippen LogP contribution in [0.15, 0.2) is 42.2 Å². The molecular weight excluding hydrogens is 234 g/mol. The van der Waals surface area contributed by atoms with Crippen LogP contribution in [0.4, 0.5) is 0 Å².